The van der Waals surface area contributed by atoms with Crippen LogP contribution in [0.1, 0.15) is 83.2 Å². The Morgan fingerprint density at radius 2 is 1.84 bits per heavy atom. The molecule has 2 saturated heterocycles. The van der Waals surface area contributed by atoms with Gasteiger partial charge in [-0.3, -0.25) is 24.4 Å². The number of benzene rings is 1. The zero-order valence-electron chi connectivity index (χ0n) is 42.3. The van der Waals surface area contributed by atoms with Crippen LogP contribution in [0.15, 0.2) is 54.1 Å². The van der Waals surface area contributed by atoms with Crippen LogP contribution in [-0.2, 0) is 48.0 Å². The summed E-state index contributed by atoms with van der Waals surface area (Å²) in [6.07, 6.45) is 6.04. The molecule has 6 heterocycles. The van der Waals surface area contributed by atoms with Gasteiger partial charge in [0.1, 0.15) is 12.1 Å². The van der Waals surface area contributed by atoms with E-state index in [0.29, 0.717) is 49.7 Å². The molecule has 19 heteroatoms. The summed E-state index contributed by atoms with van der Waals surface area (Å²) in [5, 5.41) is 19.5. The first kappa shape index (κ1) is 52.1. The quantitative estimate of drug-likeness (QED) is 0.132. The fourth-order valence-electron chi connectivity index (χ4n) is 9.73. The molecule has 0 aliphatic carbocycles. The molecular formula is C51H70N10O8S. The predicted molar refractivity (Wildman–Crippen MR) is 268 cm³/mol. The van der Waals surface area contributed by atoms with Crippen LogP contribution in [0.5, 0.6) is 0 Å². The van der Waals surface area contributed by atoms with Crippen LogP contribution < -0.4 is 10.7 Å². The maximum atomic E-state index is 14.7. The normalized spacial score (nSPS) is 21.0. The highest BCUT2D eigenvalue weighted by Crippen LogP contribution is 2.42. The predicted octanol–water partition coefficient (Wildman–Crippen LogP) is 5.21. The largest absolute Gasteiger partial charge is 0.462 e. The number of cyclic esters (lactones) is 1. The number of carbonyl (C=O) groups is 5. The third-order valence-corrected chi connectivity index (χ3v) is 14.3. The number of carbonyl (C=O) groups excluding carboxylic acids is 5. The first-order chi connectivity index (χ1) is 33.2. The van der Waals surface area contributed by atoms with E-state index in [1.54, 1.807) is 36.2 Å². The van der Waals surface area contributed by atoms with Crippen molar-refractivity contribution in [2.24, 2.45) is 11.3 Å². The van der Waals surface area contributed by atoms with Gasteiger partial charge >= 0.3 is 12.0 Å². The maximum Gasteiger partial charge on any atom is 0.355 e. The highest BCUT2D eigenvalue weighted by molar-refractivity contribution is 7.10. The van der Waals surface area contributed by atoms with Gasteiger partial charge in [0.15, 0.2) is 0 Å². The van der Waals surface area contributed by atoms with Crippen molar-refractivity contribution in [3.63, 3.8) is 0 Å². The fraction of sp³-hybridized carbons (Fsp3) is 0.549. The van der Waals surface area contributed by atoms with Crippen LogP contribution in [0.4, 0.5) is 4.79 Å². The van der Waals surface area contributed by atoms with Gasteiger partial charge in [0.05, 0.1) is 41.5 Å². The molecule has 3 aromatic heterocycles. The van der Waals surface area contributed by atoms with Crippen molar-refractivity contribution >= 4 is 52.0 Å². The van der Waals surface area contributed by atoms with Gasteiger partial charge in [0.25, 0.3) is 5.91 Å². The summed E-state index contributed by atoms with van der Waals surface area (Å²) in [6.45, 7) is 14.0. The molecule has 3 aliphatic heterocycles. The van der Waals surface area contributed by atoms with Crippen molar-refractivity contribution in [2.75, 3.05) is 67.7 Å². The van der Waals surface area contributed by atoms with Crippen LogP contribution in [0, 0.1) is 11.3 Å². The second-order valence-electron chi connectivity index (χ2n) is 20.1. The number of pyridine rings is 1. The summed E-state index contributed by atoms with van der Waals surface area (Å²) in [4.78, 5) is 86.8. The number of nitrogens with one attached hydrogen (secondary N) is 2. The van der Waals surface area contributed by atoms with Gasteiger partial charge in [0.2, 0.25) is 17.5 Å². The number of aryl methyl sites for hydroxylation is 1. The molecule has 7 rings (SSSR count). The topological polar surface area (TPSA) is 195 Å². The first-order valence-corrected chi connectivity index (χ1v) is 25.1. The smallest absolute Gasteiger partial charge is 0.355 e. The number of hydrogen-bond acceptors (Lipinski definition) is 13. The lowest BCUT2D eigenvalue weighted by Gasteiger charge is -2.41. The number of fused-ring (bicyclic) bond motifs is 6. The van der Waals surface area contributed by atoms with E-state index in [1.165, 1.54) is 27.3 Å². The van der Waals surface area contributed by atoms with Gasteiger partial charge in [-0.05, 0) is 83.0 Å². The SMILES string of the molecule is CCn1c(-c2cccnc2[C@H](C)OC)c2c3cc(ccc31)-c1csc(n1)C[C@H](NC(=O)[C@H](C(C)C)N(C)C(=O)N1CCCN(C(=O)/C=C/CN(C)C)C1)C(=O)N1CCC[C@@](O)(N1)C(=O)OCC(C)(C)C2. The van der Waals surface area contributed by atoms with Gasteiger partial charge in [-0.15, -0.1) is 11.3 Å². The molecule has 5 amide bonds. The molecule has 3 aliphatic rings. The van der Waals surface area contributed by atoms with E-state index in [0.717, 1.165) is 39.0 Å². The van der Waals surface area contributed by atoms with Crippen LogP contribution in [0.2, 0.25) is 0 Å². The fourth-order valence-corrected chi connectivity index (χ4v) is 10.6. The first-order valence-electron chi connectivity index (χ1n) is 24.2. The number of nitrogens with zero attached hydrogens (tertiary/aromatic N) is 8. The number of hydrazine groups is 1. The molecule has 3 N–H and O–H groups in total. The number of likely N-dealkylation sites (N-methyl/N-ethyl adjacent to an activating group) is 2. The van der Waals surface area contributed by atoms with Crippen molar-refractivity contribution in [1.82, 2.24) is 49.9 Å². The maximum absolute atomic E-state index is 14.7. The molecule has 1 aromatic carbocycles. The zero-order valence-corrected chi connectivity index (χ0v) is 43.1. The molecule has 0 radical (unpaired) electrons. The Morgan fingerprint density at radius 1 is 1.09 bits per heavy atom. The van der Waals surface area contributed by atoms with Gasteiger partial charge < -0.3 is 44.1 Å². The summed E-state index contributed by atoms with van der Waals surface area (Å²) in [6, 6.07) is 7.57. The molecule has 0 saturated carbocycles. The molecule has 2 fully saturated rings. The number of aromatic nitrogens is 3. The Kier molecular flexibility index (Phi) is 16.2. The van der Waals surface area contributed by atoms with E-state index >= 15 is 0 Å². The minimum absolute atomic E-state index is 0.0183. The van der Waals surface area contributed by atoms with E-state index < -0.39 is 47.0 Å². The van der Waals surface area contributed by atoms with Crippen molar-refractivity contribution in [3.05, 3.63) is 70.3 Å². The Morgan fingerprint density at radius 3 is 2.56 bits per heavy atom. The molecular weight excluding hydrogens is 913 g/mol. The Bertz CT molecular complexity index is 2610. The highest BCUT2D eigenvalue weighted by Gasteiger charge is 2.46. The number of esters is 1. The highest BCUT2D eigenvalue weighted by atomic mass is 32.1. The Hall–Kier alpha value is -5.73. The average molecular weight is 983 g/mol. The van der Waals surface area contributed by atoms with Gasteiger partial charge in [-0.1, -0.05) is 39.8 Å². The second kappa shape index (κ2) is 21.7. The summed E-state index contributed by atoms with van der Waals surface area (Å²) >= 11 is 1.35. The number of amides is 5. The van der Waals surface area contributed by atoms with Gasteiger partial charge in [0, 0.05) is 105 Å². The summed E-state index contributed by atoms with van der Waals surface area (Å²) in [5.41, 5.74) is 6.19. The molecule has 378 valence electrons. The van der Waals surface area contributed by atoms with Crippen molar-refractivity contribution in [1.29, 1.82) is 0 Å². The lowest BCUT2D eigenvalue weighted by atomic mass is 9.84. The van der Waals surface area contributed by atoms with E-state index in [2.05, 4.69) is 40.4 Å². The van der Waals surface area contributed by atoms with E-state index in [4.69, 9.17) is 19.4 Å². The number of rotatable bonds is 11. The van der Waals surface area contributed by atoms with E-state index in [1.807, 2.05) is 71.1 Å². The summed E-state index contributed by atoms with van der Waals surface area (Å²) in [7, 11) is 7.04. The lowest BCUT2D eigenvalue weighted by Crippen LogP contribution is -2.67. The average Bonchev–Trinajstić information content (AvgIpc) is 3.93. The standard InChI is InChI=1S/C51H70N10O8S/c1-11-60-40-19-18-34-26-36(40)37(45(60)35-16-12-21-52-43(35)33(4)68-10)28-50(5,6)30-69-48(65)51(67)20-14-25-61(55-51)47(64)38(27-41-53-39(34)29-70-41)54-46(63)44(32(2)3)57(9)49(66)59-24-15-23-58(31-59)42(62)17-13-22-56(7)8/h12-13,16-19,21,26,29,32-33,38,44,55,67H,11,14-15,20,22-25,27-28,30-31H2,1-10H3,(H,54,63)/b17-13+/t33-,38-,44-,51-/m0/s1. The number of urea groups is 1. The summed E-state index contributed by atoms with van der Waals surface area (Å²) < 4.78 is 14.1. The minimum Gasteiger partial charge on any atom is -0.462 e. The van der Waals surface area contributed by atoms with Gasteiger partial charge in [-0.2, -0.15) is 5.43 Å². The van der Waals surface area contributed by atoms with Crippen LogP contribution in [-0.4, -0.2) is 159 Å². The monoisotopic (exact) mass is 983 g/mol. The number of hydrogen-bond donors (Lipinski definition) is 3. The number of methoxy groups -OCH3 is 1. The van der Waals surface area contributed by atoms with Crippen molar-refractivity contribution < 1.29 is 38.6 Å². The number of aliphatic hydroxyl groups is 1. The molecule has 0 unspecified atom stereocenters. The Balaban J connectivity index is 1.24. The summed E-state index contributed by atoms with van der Waals surface area (Å²) in [5.74, 6) is -2.68. The lowest BCUT2D eigenvalue weighted by molar-refractivity contribution is -0.189. The molecule has 70 heavy (non-hydrogen) atoms. The van der Waals surface area contributed by atoms with Crippen molar-refractivity contribution in [3.8, 4) is 22.5 Å². The molecule has 4 aromatic rings. The van der Waals surface area contributed by atoms with E-state index in [-0.39, 0.29) is 57.0 Å². The van der Waals surface area contributed by atoms with Crippen LogP contribution in [0.25, 0.3) is 33.4 Å². The van der Waals surface area contributed by atoms with Crippen LogP contribution >= 0.6 is 11.3 Å². The van der Waals surface area contributed by atoms with Crippen molar-refractivity contribution in [2.45, 2.75) is 104 Å². The molecule has 6 bridgehead atoms. The zero-order chi connectivity index (χ0) is 50.7. The second-order valence-corrected chi connectivity index (χ2v) is 21.0. The minimum atomic E-state index is -2.24. The Labute approximate surface area is 414 Å². The molecule has 18 nitrogen and oxygen atoms in total. The molecule has 4 atom stereocenters. The van der Waals surface area contributed by atoms with E-state index in [9.17, 15) is 29.1 Å². The van der Waals surface area contributed by atoms with Crippen LogP contribution in [0.3, 0.4) is 0 Å². The van der Waals surface area contributed by atoms with Gasteiger partial charge in [-0.25, -0.2) is 14.6 Å². The molecule has 0 spiro atoms. The number of thiazole rings is 1. The number of ether oxygens (including phenoxy) is 2. The third-order valence-electron chi connectivity index (χ3n) is 13.4. The third kappa shape index (κ3) is 11.2.